The number of rotatable bonds is 17. The smallest absolute Gasteiger partial charge is 0.330 e. The first-order chi connectivity index (χ1) is 12.4. The van der Waals surface area contributed by atoms with Crippen molar-refractivity contribution in [3.8, 4) is 0 Å². The van der Waals surface area contributed by atoms with Crippen LogP contribution in [0.1, 0.15) is 104 Å². The van der Waals surface area contributed by atoms with Crippen LogP contribution < -0.4 is 5.73 Å². The molecule has 0 rings (SSSR count). The summed E-state index contributed by atoms with van der Waals surface area (Å²) in [7, 11) is 0. The van der Waals surface area contributed by atoms with Crippen LogP contribution in [-0.2, 0) is 14.3 Å². The molecule has 0 radical (unpaired) electrons. The summed E-state index contributed by atoms with van der Waals surface area (Å²) in [5, 5.41) is 0. The van der Waals surface area contributed by atoms with Crippen molar-refractivity contribution in [3.63, 3.8) is 0 Å². The van der Waals surface area contributed by atoms with E-state index in [-0.39, 0.29) is 0 Å². The number of carbonyl (C=O) groups excluding carboxylic acids is 2. The van der Waals surface area contributed by atoms with E-state index >= 15 is 0 Å². The first-order valence-electron chi connectivity index (χ1n) is 10.5. The highest BCUT2D eigenvalue weighted by molar-refractivity contribution is 5.84. The Bertz CT molecular complexity index is 408. The molecular weight excluding hydrogens is 326 g/mol. The Hall–Kier alpha value is -1.32. The zero-order chi connectivity index (χ0) is 19.8. The van der Waals surface area contributed by atoms with Gasteiger partial charge in [0.1, 0.15) is 6.10 Å². The van der Waals surface area contributed by atoms with Crippen molar-refractivity contribution in [2.24, 2.45) is 11.1 Å². The van der Waals surface area contributed by atoms with Gasteiger partial charge in [-0.1, -0.05) is 90.6 Å². The number of esters is 1. The minimum Gasteiger partial charge on any atom is -0.458 e. The van der Waals surface area contributed by atoms with Crippen LogP contribution in [0, 0.1) is 5.41 Å². The average molecular weight is 368 g/mol. The van der Waals surface area contributed by atoms with Gasteiger partial charge in [-0.3, -0.25) is 4.79 Å². The van der Waals surface area contributed by atoms with E-state index in [9.17, 15) is 9.59 Å². The quantitative estimate of drug-likeness (QED) is 0.204. The summed E-state index contributed by atoms with van der Waals surface area (Å²) in [5.41, 5.74) is 4.75. The van der Waals surface area contributed by atoms with Crippen LogP contribution in [0.4, 0.5) is 0 Å². The molecule has 0 aliphatic rings. The molecule has 152 valence electrons. The summed E-state index contributed by atoms with van der Waals surface area (Å²) in [6, 6.07) is 0. The van der Waals surface area contributed by atoms with Gasteiger partial charge in [0.2, 0.25) is 5.91 Å². The third-order valence-electron chi connectivity index (χ3n) is 5.47. The number of amides is 1. The summed E-state index contributed by atoms with van der Waals surface area (Å²) in [6.45, 7) is 9.15. The van der Waals surface area contributed by atoms with Gasteiger partial charge in [0.15, 0.2) is 0 Å². The predicted octanol–water partition coefficient (Wildman–Crippen LogP) is 5.69. The van der Waals surface area contributed by atoms with Crippen LogP contribution in [0.5, 0.6) is 0 Å². The van der Waals surface area contributed by atoms with Crippen LogP contribution >= 0.6 is 0 Å². The second kappa shape index (κ2) is 14.8. The van der Waals surface area contributed by atoms with Gasteiger partial charge in [-0.05, 0) is 20.3 Å². The van der Waals surface area contributed by atoms with E-state index in [4.69, 9.17) is 10.5 Å². The second-order valence-corrected chi connectivity index (χ2v) is 7.70. The Labute approximate surface area is 160 Å². The Morgan fingerprint density at radius 3 is 1.77 bits per heavy atom. The van der Waals surface area contributed by atoms with Crippen LogP contribution in [-0.4, -0.2) is 18.0 Å². The Morgan fingerprint density at radius 2 is 1.38 bits per heavy atom. The minimum absolute atomic E-state index is 0.412. The number of carbonyl (C=O) groups is 2. The largest absolute Gasteiger partial charge is 0.458 e. The molecule has 0 aromatic carbocycles. The van der Waals surface area contributed by atoms with Crippen molar-refractivity contribution in [1.29, 1.82) is 0 Å². The van der Waals surface area contributed by atoms with Gasteiger partial charge in [0.25, 0.3) is 0 Å². The summed E-state index contributed by atoms with van der Waals surface area (Å²) in [5.74, 6) is -0.926. The fourth-order valence-electron chi connectivity index (χ4n) is 3.21. The van der Waals surface area contributed by atoms with Gasteiger partial charge in [-0.25, -0.2) is 4.79 Å². The maximum atomic E-state index is 11.9. The number of ether oxygens (including phenoxy) is 1. The molecular formula is C22H41NO3. The molecule has 2 N–H and O–H groups in total. The van der Waals surface area contributed by atoms with Gasteiger partial charge in [-0.2, -0.15) is 0 Å². The molecule has 0 aliphatic heterocycles. The van der Waals surface area contributed by atoms with Gasteiger partial charge in [0, 0.05) is 6.08 Å². The molecule has 0 aliphatic carbocycles. The number of hydrogen-bond acceptors (Lipinski definition) is 3. The maximum absolute atomic E-state index is 11.9. The maximum Gasteiger partial charge on any atom is 0.330 e. The van der Waals surface area contributed by atoms with E-state index in [1.54, 1.807) is 13.8 Å². The van der Waals surface area contributed by atoms with Crippen molar-refractivity contribution in [2.75, 3.05) is 0 Å². The fraction of sp³-hybridized carbons (Fsp3) is 0.818. The first kappa shape index (κ1) is 24.7. The second-order valence-electron chi connectivity index (χ2n) is 7.70. The van der Waals surface area contributed by atoms with E-state index in [1.807, 2.05) is 0 Å². The number of primary amides is 1. The SMILES string of the molecule is C=CC(=O)OC(C)C(C)(CCCCCCCCCCCCCC)C(N)=O. The summed E-state index contributed by atoms with van der Waals surface area (Å²) >= 11 is 0. The van der Waals surface area contributed by atoms with Gasteiger partial charge >= 0.3 is 5.97 Å². The first-order valence-corrected chi connectivity index (χ1v) is 10.5. The summed E-state index contributed by atoms with van der Waals surface area (Å²) in [4.78, 5) is 23.2. The number of unbranched alkanes of at least 4 members (excludes halogenated alkanes) is 11. The Morgan fingerprint density at radius 1 is 0.962 bits per heavy atom. The molecule has 0 bridgehead atoms. The van der Waals surface area contributed by atoms with Gasteiger partial charge < -0.3 is 10.5 Å². The molecule has 0 aromatic rings. The highest BCUT2D eigenvalue weighted by atomic mass is 16.5. The lowest BCUT2D eigenvalue weighted by molar-refractivity contribution is -0.153. The molecule has 0 fully saturated rings. The van der Waals surface area contributed by atoms with Crippen LogP contribution in [0.15, 0.2) is 12.7 Å². The molecule has 0 spiro atoms. The average Bonchev–Trinajstić information content (AvgIpc) is 2.61. The Kier molecular flexibility index (Phi) is 14.1. The van der Waals surface area contributed by atoms with E-state index in [2.05, 4.69) is 13.5 Å². The zero-order valence-corrected chi connectivity index (χ0v) is 17.4. The minimum atomic E-state index is -0.822. The van der Waals surface area contributed by atoms with Crippen molar-refractivity contribution in [2.45, 2.75) is 110 Å². The molecule has 4 heteroatoms. The van der Waals surface area contributed by atoms with Crippen LogP contribution in [0.3, 0.4) is 0 Å². The molecule has 4 nitrogen and oxygen atoms in total. The van der Waals surface area contributed by atoms with E-state index in [0.717, 1.165) is 18.9 Å². The van der Waals surface area contributed by atoms with Crippen molar-refractivity contribution in [1.82, 2.24) is 0 Å². The zero-order valence-electron chi connectivity index (χ0n) is 17.4. The molecule has 2 atom stereocenters. The highest BCUT2D eigenvalue weighted by Gasteiger charge is 2.38. The normalized spacial score (nSPS) is 14.4. The molecule has 0 heterocycles. The molecule has 26 heavy (non-hydrogen) atoms. The van der Waals surface area contributed by atoms with E-state index in [0.29, 0.717) is 6.42 Å². The lowest BCUT2D eigenvalue weighted by atomic mass is 9.79. The van der Waals surface area contributed by atoms with Gasteiger partial charge in [-0.15, -0.1) is 0 Å². The molecule has 0 saturated heterocycles. The van der Waals surface area contributed by atoms with E-state index in [1.165, 1.54) is 64.2 Å². The summed E-state index contributed by atoms with van der Waals surface area (Å²) in [6.07, 6.45) is 16.5. The van der Waals surface area contributed by atoms with Crippen LogP contribution in [0.2, 0.25) is 0 Å². The molecule has 1 amide bonds. The topological polar surface area (TPSA) is 69.4 Å². The highest BCUT2D eigenvalue weighted by Crippen LogP contribution is 2.31. The number of hydrogen-bond donors (Lipinski definition) is 1. The third-order valence-corrected chi connectivity index (χ3v) is 5.47. The summed E-state index contributed by atoms with van der Waals surface area (Å²) < 4.78 is 5.23. The molecule has 0 saturated carbocycles. The number of nitrogens with two attached hydrogens (primary N) is 1. The third kappa shape index (κ3) is 10.6. The van der Waals surface area contributed by atoms with Crippen molar-refractivity contribution >= 4 is 11.9 Å². The lowest BCUT2D eigenvalue weighted by Gasteiger charge is -2.31. The molecule has 0 aromatic heterocycles. The lowest BCUT2D eigenvalue weighted by Crippen LogP contribution is -2.44. The Balaban J connectivity index is 3.85. The van der Waals surface area contributed by atoms with Crippen molar-refractivity contribution < 1.29 is 14.3 Å². The standard InChI is InChI=1S/C22H41NO3/c1-5-7-8-9-10-11-12-13-14-15-16-17-18-22(4,21(23)25)19(3)26-20(24)6-2/h6,19H,2,5,7-18H2,1,3-4H3,(H2,23,25). The van der Waals surface area contributed by atoms with Crippen molar-refractivity contribution in [3.05, 3.63) is 12.7 Å². The molecule has 2 unspecified atom stereocenters. The fourth-order valence-corrected chi connectivity index (χ4v) is 3.21. The monoisotopic (exact) mass is 367 g/mol. The predicted molar refractivity (Wildman–Crippen MR) is 109 cm³/mol. The van der Waals surface area contributed by atoms with Gasteiger partial charge in [0.05, 0.1) is 5.41 Å². The van der Waals surface area contributed by atoms with Crippen LogP contribution in [0.25, 0.3) is 0 Å². The van der Waals surface area contributed by atoms with E-state index < -0.39 is 23.4 Å².